The quantitative estimate of drug-likeness (QED) is 0.939. The SMILES string of the molecule is CS(=O)(=O)c1ccc(NC(=O)Cc2ccccc2)cc1. The van der Waals surface area contributed by atoms with Crippen molar-refractivity contribution in [2.45, 2.75) is 11.3 Å². The number of carbonyl (C=O) groups excluding carboxylic acids is 1. The fourth-order valence-electron chi connectivity index (χ4n) is 1.77. The molecular formula is C15H15NO3S. The predicted molar refractivity (Wildman–Crippen MR) is 78.3 cm³/mol. The van der Waals surface area contributed by atoms with Gasteiger partial charge >= 0.3 is 0 Å². The van der Waals surface area contributed by atoms with Crippen LogP contribution in [0.5, 0.6) is 0 Å². The molecule has 2 aromatic carbocycles. The summed E-state index contributed by atoms with van der Waals surface area (Å²) in [4.78, 5) is 12.1. The molecule has 0 unspecified atom stereocenters. The number of amides is 1. The highest BCUT2D eigenvalue weighted by atomic mass is 32.2. The van der Waals surface area contributed by atoms with Crippen LogP contribution in [0, 0.1) is 0 Å². The lowest BCUT2D eigenvalue weighted by molar-refractivity contribution is -0.115. The Morgan fingerprint density at radius 3 is 2.15 bits per heavy atom. The Bertz CT molecular complexity index is 692. The highest BCUT2D eigenvalue weighted by Crippen LogP contribution is 2.14. The number of carbonyl (C=O) groups is 1. The van der Waals surface area contributed by atoms with Gasteiger partial charge in [-0.15, -0.1) is 0 Å². The van der Waals surface area contributed by atoms with Gasteiger partial charge in [-0.3, -0.25) is 4.79 Å². The van der Waals surface area contributed by atoms with E-state index in [0.717, 1.165) is 11.8 Å². The van der Waals surface area contributed by atoms with E-state index in [9.17, 15) is 13.2 Å². The second kappa shape index (κ2) is 5.88. The van der Waals surface area contributed by atoms with Crippen molar-refractivity contribution in [2.24, 2.45) is 0 Å². The van der Waals surface area contributed by atoms with Gasteiger partial charge in [-0.05, 0) is 29.8 Å². The molecule has 0 fully saturated rings. The van der Waals surface area contributed by atoms with Crippen molar-refractivity contribution in [3.63, 3.8) is 0 Å². The summed E-state index contributed by atoms with van der Waals surface area (Å²) in [5.74, 6) is -0.136. The number of rotatable bonds is 4. The first-order chi connectivity index (χ1) is 9.45. The van der Waals surface area contributed by atoms with Crippen LogP contribution in [-0.4, -0.2) is 20.6 Å². The number of benzene rings is 2. The van der Waals surface area contributed by atoms with Gasteiger partial charge in [0.05, 0.1) is 11.3 Å². The number of hydrogen-bond acceptors (Lipinski definition) is 3. The van der Waals surface area contributed by atoms with Crippen molar-refractivity contribution in [1.29, 1.82) is 0 Å². The van der Waals surface area contributed by atoms with Gasteiger partial charge in [0, 0.05) is 11.9 Å². The van der Waals surface area contributed by atoms with Crippen LogP contribution in [-0.2, 0) is 21.1 Å². The van der Waals surface area contributed by atoms with E-state index in [1.807, 2.05) is 30.3 Å². The molecule has 104 valence electrons. The molecule has 0 atom stereocenters. The molecule has 0 radical (unpaired) electrons. The molecule has 1 N–H and O–H groups in total. The normalized spacial score (nSPS) is 11.1. The third-order valence-electron chi connectivity index (χ3n) is 2.77. The van der Waals surface area contributed by atoms with Crippen LogP contribution in [0.3, 0.4) is 0 Å². The van der Waals surface area contributed by atoms with Crippen LogP contribution in [0.2, 0.25) is 0 Å². The summed E-state index contributed by atoms with van der Waals surface area (Å²) in [6.45, 7) is 0. The van der Waals surface area contributed by atoms with E-state index in [2.05, 4.69) is 5.32 Å². The zero-order chi connectivity index (χ0) is 14.6. The molecule has 1 amide bonds. The molecule has 5 heteroatoms. The molecule has 0 aromatic heterocycles. The van der Waals surface area contributed by atoms with Crippen LogP contribution < -0.4 is 5.32 Å². The summed E-state index contributed by atoms with van der Waals surface area (Å²) in [6, 6.07) is 15.5. The average molecular weight is 289 g/mol. The van der Waals surface area contributed by atoms with E-state index in [4.69, 9.17) is 0 Å². The third-order valence-corrected chi connectivity index (χ3v) is 3.90. The van der Waals surface area contributed by atoms with Crippen LogP contribution in [0.1, 0.15) is 5.56 Å². The number of nitrogens with one attached hydrogen (secondary N) is 1. The molecule has 20 heavy (non-hydrogen) atoms. The van der Waals surface area contributed by atoms with Crippen molar-refractivity contribution in [3.8, 4) is 0 Å². The Morgan fingerprint density at radius 2 is 1.60 bits per heavy atom. The van der Waals surface area contributed by atoms with Crippen molar-refractivity contribution in [1.82, 2.24) is 0 Å². The fourth-order valence-corrected chi connectivity index (χ4v) is 2.40. The van der Waals surface area contributed by atoms with E-state index >= 15 is 0 Å². The largest absolute Gasteiger partial charge is 0.326 e. The standard InChI is InChI=1S/C15H15NO3S/c1-20(18,19)14-9-7-13(8-10-14)16-15(17)11-12-5-3-2-4-6-12/h2-10H,11H2,1H3,(H,16,17). The van der Waals surface area contributed by atoms with E-state index < -0.39 is 9.84 Å². The highest BCUT2D eigenvalue weighted by Gasteiger charge is 2.07. The summed E-state index contributed by atoms with van der Waals surface area (Å²) in [7, 11) is -3.21. The first-order valence-corrected chi connectivity index (χ1v) is 7.98. The summed E-state index contributed by atoms with van der Waals surface area (Å²) in [6.07, 6.45) is 1.44. The monoisotopic (exact) mass is 289 g/mol. The topological polar surface area (TPSA) is 63.2 Å². The molecule has 0 aliphatic carbocycles. The predicted octanol–water partition coefficient (Wildman–Crippen LogP) is 2.27. The van der Waals surface area contributed by atoms with Crippen molar-refractivity contribution in [2.75, 3.05) is 11.6 Å². The summed E-state index contributed by atoms with van der Waals surface area (Å²) >= 11 is 0. The minimum atomic E-state index is -3.21. The van der Waals surface area contributed by atoms with E-state index in [0.29, 0.717) is 5.69 Å². The third kappa shape index (κ3) is 3.93. The molecule has 0 aliphatic heterocycles. The van der Waals surface area contributed by atoms with Crippen LogP contribution in [0.25, 0.3) is 0 Å². The Labute approximate surface area is 118 Å². The van der Waals surface area contributed by atoms with Gasteiger partial charge in [0.1, 0.15) is 0 Å². The molecule has 2 rings (SSSR count). The molecule has 0 heterocycles. The minimum absolute atomic E-state index is 0.136. The second-order valence-corrected chi connectivity index (χ2v) is 6.52. The molecule has 2 aromatic rings. The van der Waals surface area contributed by atoms with Crippen molar-refractivity contribution < 1.29 is 13.2 Å². The lowest BCUT2D eigenvalue weighted by atomic mass is 10.1. The first-order valence-electron chi connectivity index (χ1n) is 6.09. The molecule has 0 saturated heterocycles. The number of anilines is 1. The maximum atomic E-state index is 11.8. The molecule has 0 saturated carbocycles. The maximum Gasteiger partial charge on any atom is 0.228 e. The maximum absolute atomic E-state index is 11.8. The number of hydrogen-bond donors (Lipinski definition) is 1. The van der Waals surface area contributed by atoms with Gasteiger partial charge in [0.15, 0.2) is 9.84 Å². The Hall–Kier alpha value is -2.14. The van der Waals surface area contributed by atoms with Gasteiger partial charge < -0.3 is 5.32 Å². The van der Waals surface area contributed by atoms with E-state index in [1.165, 1.54) is 12.1 Å². The Morgan fingerprint density at radius 1 is 1.00 bits per heavy atom. The van der Waals surface area contributed by atoms with Gasteiger partial charge in [0.2, 0.25) is 5.91 Å². The lowest BCUT2D eigenvalue weighted by Crippen LogP contribution is -2.14. The van der Waals surface area contributed by atoms with Crippen LogP contribution in [0.15, 0.2) is 59.5 Å². The zero-order valence-corrected chi connectivity index (χ0v) is 11.9. The summed E-state index contributed by atoms with van der Waals surface area (Å²) in [5, 5.41) is 2.74. The van der Waals surface area contributed by atoms with E-state index in [-0.39, 0.29) is 17.2 Å². The Kier molecular flexibility index (Phi) is 4.20. The molecule has 4 nitrogen and oxygen atoms in total. The summed E-state index contributed by atoms with van der Waals surface area (Å²) < 4.78 is 22.6. The van der Waals surface area contributed by atoms with Crippen molar-refractivity contribution >= 4 is 21.4 Å². The Balaban J connectivity index is 2.02. The van der Waals surface area contributed by atoms with Gasteiger partial charge in [-0.2, -0.15) is 0 Å². The average Bonchev–Trinajstić information content (AvgIpc) is 2.39. The highest BCUT2D eigenvalue weighted by molar-refractivity contribution is 7.90. The van der Waals surface area contributed by atoms with Gasteiger partial charge in [-0.25, -0.2) is 8.42 Å². The lowest BCUT2D eigenvalue weighted by Gasteiger charge is -2.06. The van der Waals surface area contributed by atoms with Gasteiger partial charge in [0.25, 0.3) is 0 Å². The van der Waals surface area contributed by atoms with Crippen LogP contribution in [0.4, 0.5) is 5.69 Å². The molecule has 0 spiro atoms. The zero-order valence-electron chi connectivity index (χ0n) is 11.0. The van der Waals surface area contributed by atoms with Crippen LogP contribution >= 0.6 is 0 Å². The fraction of sp³-hybridized carbons (Fsp3) is 0.133. The molecular weight excluding hydrogens is 274 g/mol. The second-order valence-electron chi connectivity index (χ2n) is 4.51. The van der Waals surface area contributed by atoms with E-state index in [1.54, 1.807) is 12.1 Å². The minimum Gasteiger partial charge on any atom is -0.326 e. The first kappa shape index (κ1) is 14.3. The number of sulfone groups is 1. The smallest absolute Gasteiger partial charge is 0.228 e. The molecule has 0 aliphatic rings. The molecule has 0 bridgehead atoms. The van der Waals surface area contributed by atoms with Crippen molar-refractivity contribution in [3.05, 3.63) is 60.2 Å². The summed E-state index contributed by atoms with van der Waals surface area (Å²) in [5.41, 5.74) is 1.51. The van der Waals surface area contributed by atoms with Gasteiger partial charge in [-0.1, -0.05) is 30.3 Å².